The lowest BCUT2D eigenvalue weighted by atomic mass is 10.1. The molecule has 0 fully saturated rings. The third-order valence-electron chi connectivity index (χ3n) is 4.86. The molecule has 0 aliphatic heterocycles. The lowest BCUT2D eigenvalue weighted by Crippen LogP contribution is -2.13. The van der Waals surface area contributed by atoms with E-state index in [1.807, 2.05) is 61.5 Å². The number of benzene rings is 2. The number of pyridine rings is 2. The van der Waals surface area contributed by atoms with E-state index in [0.717, 1.165) is 16.7 Å². The van der Waals surface area contributed by atoms with E-state index in [9.17, 15) is 4.79 Å². The van der Waals surface area contributed by atoms with Crippen molar-refractivity contribution in [1.82, 2.24) is 9.97 Å². The van der Waals surface area contributed by atoms with E-state index in [2.05, 4.69) is 21.4 Å². The van der Waals surface area contributed by atoms with Crippen LogP contribution in [0.4, 0.5) is 5.82 Å². The second kappa shape index (κ2) is 9.26. The molecule has 4 rings (SSSR count). The van der Waals surface area contributed by atoms with E-state index in [0.29, 0.717) is 29.1 Å². The number of rotatable bonds is 7. The highest BCUT2D eigenvalue weighted by molar-refractivity contribution is 6.03. The predicted molar refractivity (Wildman–Crippen MR) is 120 cm³/mol. The van der Waals surface area contributed by atoms with Gasteiger partial charge in [-0.3, -0.25) is 4.98 Å². The van der Waals surface area contributed by atoms with Gasteiger partial charge in [-0.15, -0.1) is 0 Å². The number of carbonyl (C=O) groups is 1. The Bertz CT molecular complexity index is 1210. The number of nitrogens with zero attached hydrogens (tertiary/aromatic N) is 2. The van der Waals surface area contributed by atoms with Crippen molar-refractivity contribution in [2.24, 2.45) is 0 Å². The summed E-state index contributed by atoms with van der Waals surface area (Å²) in [6.07, 6.45) is 1.65. The van der Waals surface area contributed by atoms with Crippen molar-refractivity contribution in [2.45, 2.75) is 20.1 Å². The fourth-order valence-electron chi connectivity index (χ4n) is 3.36. The van der Waals surface area contributed by atoms with Crippen LogP contribution in [0.2, 0.25) is 0 Å². The summed E-state index contributed by atoms with van der Waals surface area (Å²) in [4.78, 5) is 21.8. The Kier molecular flexibility index (Phi) is 6.08. The average molecular weight is 413 g/mol. The minimum atomic E-state index is -0.533. The van der Waals surface area contributed by atoms with Crippen LogP contribution in [0.15, 0.2) is 72.9 Å². The van der Waals surface area contributed by atoms with Crippen LogP contribution in [0.3, 0.4) is 0 Å². The molecule has 0 atom stereocenters. The van der Waals surface area contributed by atoms with Gasteiger partial charge in [0.15, 0.2) is 5.75 Å². The third kappa shape index (κ3) is 4.64. The predicted octanol–water partition coefficient (Wildman–Crippen LogP) is 4.92. The SMILES string of the molecule is COC(=O)c1c(NCc2cccc(C)c2)nc2cccnc2c1OCc1ccccc1. The first-order valence-corrected chi connectivity index (χ1v) is 9.99. The van der Waals surface area contributed by atoms with Gasteiger partial charge in [0, 0.05) is 12.7 Å². The zero-order valence-corrected chi connectivity index (χ0v) is 17.5. The van der Waals surface area contributed by atoms with Gasteiger partial charge in [0.05, 0.1) is 12.6 Å². The third-order valence-corrected chi connectivity index (χ3v) is 4.86. The van der Waals surface area contributed by atoms with Crippen LogP contribution in [0.25, 0.3) is 11.0 Å². The Morgan fingerprint density at radius 3 is 2.58 bits per heavy atom. The number of anilines is 1. The summed E-state index contributed by atoms with van der Waals surface area (Å²) in [6.45, 7) is 2.83. The fraction of sp³-hybridized carbons (Fsp3) is 0.160. The van der Waals surface area contributed by atoms with E-state index >= 15 is 0 Å². The molecule has 0 aliphatic carbocycles. The Hall–Kier alpha value is -3.93. The van der Waals surface area contributed by atoms with E-state index in [1.54, 1.807) is 12.3 Å². The van der Waals surface area contributed by atoms with Crippen molar-refractivity contribution < 1.29 is 14.3 Å². The largest absolute Gasteiger partial charge is 0.485 e. The van der Waals surface area contributed by atoms with Gasteiger partial charge in [0.1, 0.15) is 23.5 Å². The zero-order valence-electron chi connectivity index (χ0n) is 17.5. The van der Waals surface area contributed by atoms with Crippen LogP contribution < -0.4 is 10.1 Å². The summed E-state index contributed by atoms with van der Waals surface area (Å²) in [7, 11) is 1.34. The number of aromatic nitrogens is 2. The van der Waals surface area contributed by atoms with Gasteiger partial charge in [-0.1, -0.05) is 60.2 Å². The highest BCUT2D eigenvalue weighted by atomic mass is 16.5. The Balaban J connectivity index is 1.76. The molecule has 0 aliphatic rings. The van der Waals surface area contributed by atoms with Crippen molar-refractivity contribution in [3.63, 3.8) is 0 Å². The quantitative estimate of drug-likeness (QED) is 0.434. The number of ether oxygens (including phenoxy) is 2. The maximum absolute atomic E-state index is 12.8. The monoisotopic (exact) mass is 413 g/mol. The number of esters is 1. The van der Waals surface area contributed by atoms with Crippen molar-refractivity contribution in [3.05, 3.63) is 95.2 Å². The van der Waals surface area contributed by atoms with Crippen LogP contribution in [0, 0.1) is 6.92 Å². The van der Waals surface area contributed by atoms with E-state index in [-0.39, 0.29) is 12.2 Å². The molecule has 0 radical (unpaired) electrons. The van der Waals surface area contributed by atoms with Crippen LogP contribution in [0.5, 0.6) is 5.75 Å². The topological polar surface area (TPSA) is 73.3 Å². The number of fused-ring (bicyclic) bond motifs is 1. The normalized spacial score (nSPS) is 10.6. The highest BCUT2D eigenvalue weighted by Gasteiger charge is 2.24. The van der Waals surface area contributed by atoms with E-state index in [4.69, 9.17) is 9.47 Å². The number of carbonyl (C=O) groups excluding carboxylic acids is 1. The summed E-state index contributed by atoms with van der Waals surface area (Å²) in [5, 5.41) is 3.28. The first kappa shape index (κ1) is 20.3. The molecule has 2 heterocycles. The molecule has 0 bridgehead atoms. The maximum atomic E-state index is 12.8. The molecular formula is C25H23N3O3. The molecule has 6 heteroatoms. The van der Waals surface area contributed by atoms with Gasteiger partial charge in [-0.2, -0.15) is 0 Å². The summed E-state index contributed by atoms with van der Waals surface area (Å²) in [5.41, 5.74) is 4.60. The summed E-state index contributed by atoms with van der Waals surface area (Å²) < 4.78 is 11.2. The number of hydrogen-bond acceptors (Lipinski definition) is 6. The van der Waals surface area contributed by atoms with Gasteiger partial charge in [-0.05, 0) is 30.2 Å². The maximum Gasteiger partial charge on any atom is 0.345 e. The number of methoxy groups -OCH3 is 1. The standard InChI is InChI=1S/C25H23N3O3/c1-17-8-6-11-19(14-17)15-27-24-21(25(29)30-2)23(22-20(28-24)12-7-13-26-22)31-16-18-9-4-3-5-10-18/h3-14H,15-16H2,1-2H3,(H,27,28). The molecule has 0 spiro atoms. The molecule has 0 saturated carbocycles. The second-order valence-corrected chi connectivity index (χ2v) is 7.14. The summed E-state index contributed by atoms with van der Waals surface area (Å²) in [6, 6.07) is 21.5. The van der Waals surface area contributed by atoms with Gasteiger partial charge in [0.2, 0.25) is 0 Å². The van der Waals surface area contributed by atoms with Gasteiger partial charge >= 0.3 is 5.97 Å². The second-order valence-electron chi connectivity index (χ2n) is 7.14. The molecule has 0 unspecified atom stereocenters. The molecule has 31 heavy (non-hydrogen) atoms. The first-order valence-electron chi connectivity index (χ1n) is 9.99. The summed E-state index contributed by atoms with van der Waals surface area (Å²) in [5.74, 6) is 0.222. The molecule has 1 N–H and O–H groups in total. The van der Waals surface area contributed by atoms with Crippen LogP contribution in [-0.2, 0) is 17.9 Å². The Morgan fingerprint density at radius 2 is 1.81 bits per heavy atom. The van der Waals surface area contributed by atoms with Gasteiger partial charge < -0.3 is 14.8 Å². The van der Waals surface area contributed by atoms with Crippen LogP contribution in [0.1, 0.15) is 27.0 Å². The molecule has 6 nitrogen and oxygen atoms in total. The van der Waals surface area contributed by atoms with Crippen molar-refractivity contribution in [2.75, 3.05) is 12.4 Å². The fourth-order valence-corrected chi connectivity index (χ4v) is 3.36. The molecular weight excluding hydrogens is 390 g/mol. The van der Waals surface area contributed by atoms with Crippen molar-refractivity contribution in [3.8, 4) is 5.75 Å². The highest BCUT2D eigenvalue weighted by Crippen LogP contribution is 2.33. The van der Waals surface area contributed by atoms with Crippen LogP contribution >= 0.6 is 0 Å². The van der Waals surface area contributed by atoms with E-state index in [1.165, 1.54) is 7.11 Å². The molecule has 0 saturated heterocycles. The molecule has 2 aromatic carbocycles. The minimum absolute atomic E-state index is 0.234. The average Bonchev–Trinajstić information content (AvgIpc) is 2.81. The lowest BCUT2D eigenvalue weighted by Gasteiger charge is -2.17. The molecule has 4 aromatic rings. The lowest BCUT2D eigenvalue weighted by molar-refractivity contribution is 0.0596. The molecule has 0 amide bonds. The summed E-state index contributed by atoms with van der Waals surface area (Å²) >= 11 is 0. The Morgan fingerprint density at radius 1 is 1.00 bits per heavy atom. The molecule has 156 valence electrons. The van der Waals surface area contributed by atoms with E-state index < -0.39 is 5.97 Å². The zero-order chi connectivity index (χ0) is 21.6. The van der Waals surface area contributed by atoms with Crippen LogP contribution in [-0.4, -0.2) is 23.0 Å². The van der Waals surface area contributed by atoms with Crippen molar-refractivity contribution >= 4 is 22.8 Å². The number of hydrogen-bond donors (Lipinski definition) is 1. The first-order chi connectivity index (χ1) is 15.2. The number of aryl methyl sites for hydroxylation is 1. The minimum Gasteiger partial charge on any atom is -0.485 e. The number of nitrogens with one attached hydrogen (secondary N) is 1. The Labute approximate surface area is 180 Å². The van der Waals surface area contributed by atoms with Gasteiger partial charge in [0.25, 0.3) is 0 Å². The van der Waals surface area contributed by atoms with Gasteiger partial charge in [-0.25, -0.2) is 9.78 Å². The smallest absolute Gasteiger partial charge is 0.345 e. The van der Waals surface area contributed by atoms with Crippen molar-refractivity contribution in [1.29, 1.82) is 0 Å². The molecule has 2 aromatic heterocycles.